The summed E-state index contributed by atoms with van der Waals surface area (Å²) in [5.74, 6) is -1.43. The number of azide groups is 1. The Kier molecular flexibility index (Phi) is 4.20. The minimum atomic E-state index is -0.927. The second-order valence-electron chi connectivity index (χ2n) is 4.45. The summed E-state index contributed by atoms with van der Waals surface area (Å²) >= 11 is 0. The number of carbonyl (C=O) groups excluding carboxylic acids is 3. The maximum Gasteiger partial charge on any atom is 0.262 e. The minimum absolute atomic E-state index is 0.108. The smallest absolute Gasteiger partial charge is 0.262 e. The van der Waals surface area contributed by atoms with E-state index in [0.29, 0.717) is 11.1 Å². The van der Waals surface area contributed by atoms with Gasteiger partial charge in [-0.2, -0.15) is 0 Å². The molecule has 1 unspecified atom stereocenters. The second-order valence-corrected chi connectivity index (χ2v) is 4.45. The predicted molar refractivity (Wildman–Crippen MR) is 73.4 cm³/mol. The third-order valence-electron chi connectivity index (χ3n) is 3.17. The van der Waals surface area contributed by atoms with Gasteiger partial charge in [0.05, 0.1) is 11.1 Å². The summed E-state index contributed by atoms with van der Waals surface area (Å²) < 4.78 is 0. The molecule has 1 N–H and O–H groups in total. The molecule has 3 amide bonds. The average Bonchev–Trinajstić information content (AvgIpc) is 2.75. The Labute approximate surface area is 120 Å². The van der Waals surface area contributed by atoms with Crippen molar-refractivity contribution in [2.24, 2.45) is 5.11 Å². The van der Waals surface area contributed by atoms with Crippen LogP contribution in [0.5, 0.6) is 0 Å². The molecule has 0 aliphatic carbocycles. The molecule has 0 radical (unpaired) electrons. The maximum atomic E-state index is 12.2. The molecule has 21 heavy (non-hydrogen) atoms. The molecule has 0 spiro atoms. The first-order valence-electron chi connectivity index (χ1n) is 6.33. The van der Waals surface area contributed by atoms with Crippen LogP contribution < -0.4 is 5.32 Å². The van der Waals surface area contributed by atoms with Crippen molar-refractivity contribution in [2.75, 3.05) is 13.1 Å². The summed E-state index contributed by atoms with van der Waals surface area (Å²) in [4.78, 5) is 39.8. The molecule has 0 fully saturated rings. The van der Waals surface area contributed by atoms with E-state index in [1.165, 1.54) is 6.92 Å². The lowest BCUT2D eigenvalue weighted by atomic mass is 10.1. The van der Waals surface area contributed by atoms with Crippen LogP contribution in [0.2, 0.25) is 0 Å². The number of rotatable bonds is 5. The van der Waals surface area contributed by atoms with E-state index < -0.39 is 23.8 Å². The standard InChI is InChI=1S/C13H13N5O3/c1-8(11(19)15-6-7-16-17-14)18-12(20)9-4-2-3-5-10(9)13(18)21/h2-5,8H,6-7H2,1H3,(H,15,19). The Bertz CT molecular complexity index is 616. The molecule has 1 aromatic carbocycles. The van der Waals surface area contributed by atoms with Gasteiger partial charge in [0.2, 0.25) is 5.91 Å². The molecule has 1 aliphatic rings. The highest BCUT2D eigenvalue weighted by Crippen LogP contribution is 2.24. The molecule has 0 aromatic heterocycles. The summed E-state index contributed by atoms with van der Waals surface area (Å²) in [5.41, 5.74) is 8.74. The Hall–Kier alpha value is -2.86. The zero-order valence-electron chi connectivity index (χ0n) is 11.3. The first-order valence-corrected chi connectivity index (χ1v) is 6.33. The van der Waals surface area contributed by atoms with Crippen molar-refractivity contribution in [2.45, 2.75) is 13.0 Å². The largest absolute Gasteiger partial charge is 0.354 e. The van der Waals surface area contributed by atoms with E-state index in [4.69, 9.17) is 5.53 Å². The van der Waals surface area contributed by atoms with Gasteiger partial charge in [-0.25, -0.2) is 0 Å². The van der Waals surface area contributed by atoms with Crippen molar-refractivity contribution in [3.05, 3.63) is 45.8 Å². The molecule has 1 aliphatic heterocycles. The van der Waals surface area contributed by atoms with Crippen LogP contribution >= 0.6 is 0 Å². The third-order valence-corrected chi connectivity index (χ3v) is 3.17. The molecule has 1 aromatic rings. The lowest BCUT2D eigenvalue weighted by Crippen LogP contribution is -2.48. The van der Waals surface area contributed by atoms with Crippen molar-refractivity contribution in [3.63, 3.8) is 0 Å². The van der Waals surface area contributed by atoms with Crippen LogP contribution in [-0.2, 0) is 4.79 Å². The van der Waals surface area contributed by atoms with E-state index in [0.717, 1.165) is 4.90 Å². The number of nitrogens with one attached hydrogen (secondary N) is 1. The van der Waals surface area contributed by atoms with Gasteiger partial charge in [0.1, 0.15) is 6.04 Å². The molecule has 0 saturated heterocycles. The average molecular weight is 287 g/mol. The van der Waals surface area contributed by atoms with E-state index >= 15 is 0 Å². The number of carbonyl (C=O) groups is 3. The quantitative estimate of drug-likeness (QED) is 0.287. The van der Waals surface area contributed by atoms with Gasteiger partial charge >= 0.3 is 0 Å². The zero-order chi connectivity index (χ0) is 15.4. The molecule has 1 atom stereocenters. The molecule has 8 nitrogen and oxygen atoms in total. The number of hydrogen-bond donors (Lipinski definition) is 1. The van der Waals surface area contributed by atoms with Gasteiger partial charge in [0.25, 0.3) is 11.8 Å². The SMILES string of the molecule is CC(C(=O)NCCN=[N+]=[N-])N1C(=O)c2ccccc2C1=O. The van der Waals surface area contributed by atoms with Crippen LogP contribution in [0, 0.1) is 0 Å². The third kappa shape index (κ3) is 2.70. The monoisotopic (exact) mass is 287 g/mol. The lowest BCUT2D eigenvalue weighted by Gasteiger charge is -2.21. The first-order chi connectivity index (χ1) is 10.1. The van der Waals surface area contributed by atoms with Crippen LogP contribution in [0.3, 0.4) is 0 Å². The Morgan fingerprint density at radius 3 is 2.43 bits per heavy atom. The van der Waals surface area contributed by atoms with E-state index in [9.17, 15) is 14.4 Å². The van der Waals surface area contributed by atoms with Gasteiger partial charge in [-0.15, -0.1) is 0 Å². The van der Waals surface area contributed by atoms with Crippen molar-refractivity contribution in [1.82, 2.24) is 10.2 Å². The van der Waals surface area contributed by atoms with Crippen LogP contribution in [0.25, 0.3) is 10.4 Å². The van der Waals surface area contributed by atoms with Crippen LogP contribution in [-0.4, -0.2) is 41.8 Å². The zero-order valence-corrected chi connectivity index (χ0v) is 11.3. The molecule has 0 bridgehead atoms. The van der Waals surface area contributed by atoms with Gasteiger partial charge in [-0.3, -0.25) is 19.3 Å². The van der Waals surface area contributed by atoms with Gasteiger partial charge < -0.3 is 5.32 Å². The Balaban J connectivity index is 2.09. The summed E-state index contributed by atoms with van der Waals surface area (Å²) in [7, 11) is 0. The Morgan fingerprint density at radius 2 is 1.90 bits per heavy atom. The number of amides is 3. The van der Waals surface area contributed by atoms with E-state index in [1.807, 2.05) is 0 Å². The molecule has 2 rings (SSSR count). The normalized spacial score (nSPS) is 14.4. The topological polar surface area (TPSA) is 115 Å². The number of fused-ring (bicyclic) bond motifs is 1. The molecule has 1 heterocycles. The molecule has 108 valence electrons. The van der Waals surface area contributed by atoms with Gasteiger partial charge in [0.15, 0.2) is 0 Å². The van der Waals surface area contributed by atoms with Gasteiger partial charge in [-0.1, -0.05) is 17.2 Å². The first kappa shape index (κ1) is 14.5. The highest BCUT2D eigenvalue weighted by atomic mass is 16.2. The van der Waals surface area contributed by atoms with E-state index in [-0.39, 0.29) is 13.1 Å². The summed E-state index contributed by atoms with van der Waals surface area (Å²) in [5, 5.41) is 5.79. The fourth-order valence-electron chi connectivity index (χ4n) is 2.10. The summed E-state index contributed by atoms with van der Waals surface area (Å²) in [6.45, 7) is 1.73. The van der Waals surface area contributed by atoms with Crippen LogP contribution in [0.4, 0.5) is 0 Å². The molecular weight excluding hydrogens is 274 g/mol. The molecule has 8 heteroatoms. The van der Waals surface area contributed by atoms with Crippen LogP contribution in [0.15, 0.2) is 29.4 Å². The van der Waals surface area contributed by atoms with Crippen molar-refractivity contribution < 1.29 is 14.4 Å². The van der Waals surface area contributed by atoms with E-state index in [2.05, 4.69) is 15.3 Å². The Morgan fingerprint density at radius 1 is 1.33 bits per heavy atom. The highest BCUT2D eigenvalue weighted by Gasteiger charge is 2.40. The number of benzene rings is 1. The predicted octanol–water partition coefficient (Wildman–Crippen LogP) is 1.10. The second kappa shape index (κ2) is 6.06. The van der Waals surface area contributed by atoms with E-state index in [1.54, 1.807) is 24.3 Å². The number of imide groups is 1. The van der Waals surface area contributed by atoms with Crippen molar-refractivity contribution >= 4 is 17.7 Å². The number of nitrogens with zero attached hydrogens (tertiary/aromatic N) is 4. The van der Waals surface area contributed by atoms with Crippen molar-refractivity contribution in [1.29, 1.82) is 0 Å². The molecule has 0 saturated carbocycles. The van der Waals surface area contributed by atoms with Gasteiger partial charge in [0, 0.05) is 18.0 Å². The maximum absolute atomic E-state index is 12.2. The number of hydrogen-bond acceptors (Lipinski definition) is 4. The molecular formula is C13H13N5O3. The van der Waals surface area contributed by atoms with Crippen LogP contribution in [0.1, 0.15) is 27.6 Å². The fourth-order valence-corrected chi connectivity index (χ4v) is 2.10. The van der Waals surface area contributed by atoms with Gasteiger partial charge in [-0.05, 0) is 24.6 Å². The minimum Gasteiger partial charge on any atom is -0.354 e. The van der Waals surface area contributed by atoms with Crippen molar-refractivity contribution in [3.8, 4) is 0 Å². The fraction of sp³-hybridized carbons (Fsp3) is 0.308. The summed E-state index contributed by atoms with van der Waals surface area (Å²) in [6.07, 6.45) is 0. The lowest BCUT2D eigenvalue weighted by molar-refractivity contribution is -0.124. The summed E-state index contributed by atoms with van der Waals surface area (Å²) in [6, 6.07) is 5.52. The highest BCUT2D eigenvalue weighted by molar-refractivity contribution is 6.22.